The molecule has 0 saturated carbocycles. The van der Waals surface area contributed by atoms with Gasteiger partial charge in [0.15, 0.2) is 0 Å². The van der Waals surface area contributed by atoms with E-state index in [4.69, 9.17) is 4.42 Å². The van der Waals surface area contributed by atoms with Crippen molar-refractivity contribution in [3.8, 4) is 0 Å². The molecule has 0 aliphatic heterocycles. The Balaban J connectivity index is 1.97. The highest BCUT2D eigenvalue weighted by Gasteiger charge is 2.34. The van der Waals surface area contributed by atoms with Crippen LogP contribution in [0.1, 0.15) is 21.5 Å². The molecule has 0 aliphatic rings. The third kappa shape index (κ3) is 3.40. The number of carbonyl (C=O) groups excluding carboxylic acids is 1. The molecule has 0 bridgehead atoms. The zero-order valence-corrected chi connectivity index (χ0v) is 13.0. The maximum Gasteiger partial charge on any atom is 0.417 e. The Hall–Kier alpha value is -3.09. The first-order valence-corrected chi connectivity index (χ1v) is 7.28. The van der Waals surface area contributed by atoms with Crippen LogP contribution in [-0.2, 0) is 6.18 Å². The molecule has 7 heteroatoms. The number of anilines is 1. The molecule has 1 N–H and O–H groups in total. The summed E-state index contributed by atoms with van der Waals surface area (Å²) in [4.78, 5) is 23.7. The van der Waals surface area contributed by atoms with Gasteiger partial charge in [0.2, 0.25) is 0 Å². The van der Waals surface area contributed by atoms with Crippen molar-refractivity contribution in [1.29, 1.82) is 0 Å². The van der Waals surface area contributed by atoms with Crippen LogP contribution >= 0.6 is 0 Å². The summed E-state index contributed by atoms with van der Waals surface area (Å²) in [5, 5.41) is 3.08. The van der Waals surface area contributed by atoms with Crippen molar-refractivity contribution in [3.63, 3.8) is 0 Å². The van der Waals surface area contributed by atoms with Crippen molar-refractivity contribution in [2.75, 3.05) is 5.32 Å². The van der Waals surface area contributed by atoms with Crippen LogP contribution in [-0.4, -0.2) is 5.91 Å². The molecule has 2 aromatic carbocycles. The van der Waals surface area contributed by atoms with E-state index in [2.05, 4.69) is 5.32 Å². The smallest absolute Gasteiger partial charge is 0.417 e. The minimum Gasteiger partial charge on any atom is -0.423 e. The Labute approximate surface area is 139 Å². The third-order valence-corrected chi connectivity index (χ3v) is 3.69. The standard InChI is InChI=1S/C18H12F3NO3/c1-10-8-16(23)25-15-9-11(6-7-12(10)15)22-17(24)13-4-2-3-5-14(13)18(19,20)21/h2-9H,1H3,(H,22,24). The number of hydrogen-bond donors (Lipinski definition) is 1. The van der Waals surface area contributed by atoms with Gasteiger partial charge < -0.3 is 9.73 Å². The lowest BCUT2D eigenvalue weighted by molar-refractivity contribution is -0.137. The summed E-state index contributed by atoms with van der Waals surface area (Å²) >= 11 is 0. The SMILES string of the molecule is Cc1cc(=O)oc2cc(NC(=O)c3ccccc3C(F)(F)F)ccc12. The van der Waals surface area contributed by atoms with Crippen LogP contribution < -0.4 is 10.9 Å². The quantitative estimate of drug-likeness (QED) is 0.700. The number of aryl methyl sites for hydroxylation is 1. The monoisotopic (exact) mass is 347 g/mol. The van der Waals surface area contributed by atoms with E-state index in [9.17, 15) is 22.8 Å². The van der Waals surface area contributed by atoms with E-state index in [-0.39, 0.29) is 11.3 Å². The summed E-state index contributed by atoms with van der Waals surface area (Å²) in [5.41, 5.74) is -0.881. The van der Waals surface area contributed by atoms with Crippen LogP contribution in [0.5, 0.6) is 0 Å². The topological polar surface area (TPSA) is 59.3 Å². The van der Waals surface area contributed by atoms with Crippen molar-refractivity contribution >= 4 is 22.6 Å². The van der Waals surface area contributed by atoms with Gasteiger partial charge in [0, 0.05) is 23.2 Å². The first-order valence-electron chi connectivity index (χ1n) is 7.28. The zero-order chi connectivity index (χ0) is 18.2. The van der Waals surface area contributed by atoms with Crippen LogP contribution in [0.3, 0.4) is 0 Å². The molecule has 0 spiro atoms. The molecular formula is C18H12F3NO3. The van der Waals surface area contributed by atoms with Crippen molar-refractivity contribution in [3.05, 3.63) is 75.6 Å². The van der Waals surface area contributed by atoms with E-state index < -0.39 is 28.8 Å². The number of nitrogens with one attached hydrogen (secondary N) is 1. The first kappa shape index (κ1) is 16.8. The largest absolute Gasteiger partial charge is 0.423 e. The summed E-state index contributed by atoms with van der Waals surface area (Å²) in [5.74, 6) is -0.901. The number of halogens is 3. The zero-order valence-electron chi connectivity index (χ0n) is 13.0. The molecule has 0 radical (unpaired) electrons. The average molecular weight is 347 g/mol. The van der Waals surface area contributed by atoms with Gasteiger partial charge in [0.1, 0.15) is 5.58 Å². The normalized spacial score (nSPS) is 11.5. The number of rotatable bonds is 2. The summed E-state index contributed by atoms with van der Waals surface area (Å²) in [7, 11) is 0. The molecule has 1 heterocycles. The van der Waals surface area contributed by atoms with Crippen LogP contribution in [0.25, 0.3) is 11.0 Å². The second-order valence-corrected chi connectivity index (χ2v) is 5.46. The molecule has 0 unspecified atom stereocenters. The molecule has 0 fully saturated rings. The van der Waals surface area contributed by atoms with E-state index in [1.807, 2.05) is 0 Å². The molecular weight excluding hydrogens is 335 g/mol. The molecule has 1 aromatic heterocycles. The Bertz CT molecular complexity index is 1020. The van der Waals surface area contributed by atoms with Gasteiger partial charge in [-0.25, -0.2) is 4.79 Å². The molecule has 1 amide bonds. The van der Waals surface area contributed by atoms with Crippen molar-refractivity contribution < 1.29 is 22.4 Å². The molecule has 0 atom stereocenters. The predicted octanol–water partition coefficient (Wildman–Crippen LogP) is 4.37. The second-order valence-electron chi connectivity index (χ2n) is 5.46. The molecule has 3 aromatic rings. The van der Waals surface area contributed by atoms with Crippen molar-refractivity contribution in [2.45, 2.75) is 13.1 Å². The fourth-order valence-electron chi connectivity index (χ4n) is 2.53. The molecule has 0 aliphatic carbocycles. The minimum atomic E-state index is -4.64. The van der Waals surface area contributed by atoms with Crippen molar-refractivity contribution in [1.82, 2.24) is 0 Å². The Morgan fingerprint density at radius 3 is 2.52 bits per heavy atom. The fourth-order valence-corrected chi connectivity index (χ4v) is 2.53. The van der Waals surface area contributed by atoms with Gasteiger partial charge in [0.05, 0.1) is 11.1 Å². The second kappa shape index (κ2) is 6.08. The number of carbonyl (C=O) groups is 1. The van der Waals surface area contributed by atoms with Gasteiger partial charge in [-0.1, -0.05) is 12.1 Å². The maximum atomic E-state index is 13.0. The van der Waals surface area contributed by atoms with Gasteiger partial charge in [-0.2, -0.15) is 13.2 Å². The van der Waals surface area contributed by atoms with Crippen LogP contribution in [0, 0.1) is 6.92 Å². The highest BCUT2D eigenvalue weighted by atomic mass is 19.4. The van der Waals surface area contributed by atoms with Gasteiger partial charge >= 0.3 is 11.8 Å². The van der Waals surface area contributed by atoms with Crippen molar-refractivity contribution in [2.24, 2.45) is 0 Å². The predicted molar refractivity (Wildman–Crippen MR) is 86.6 cm³/mol. The number of fused-ring (bicyclic) bond motifs is 1. The number of amides is 1. The van der Waals surface area contributed by atoms with Crippen LogP contribution in [0.4, 0.5) is 18.9 Å². The molecule has 128 valence electrons. The van der Waals surface area contributed by atoms with Gasteiger partial charge in [-0.15, -0.1) is 0 Å². The molecule has 25 heavy (non-hydrogen) atoms. The summed E-state index contributed by atoms with van der Waals surface area (Å²) in [6.45, 7) is 1.73. The Morgan fingerprint density at radius 1 is 1.08 bits per heavy atom. The summed E-state index contributed by atoms with van der Waals surface area (Å²) in [6, 6.07) is 10.4. The highest BCUT2D eigenvalue weighted by Crippen LogP contribution is 2.32. The Kier molecular flexibility index (Phi) is 4.08. The number of alkyl halides is 3. The summed E-state index contributed by atoms with van der Waals surface area (Å²) in [6.07, 6.45) is -4.64. The molecule has 4 nitrogen and oxygen atoms in total. The lowest BCUT2D eigenvalue weighted by atomic mass is 10.1. The van der Waals surface area contributed by atoms with E-state index in [0.717, 1.165) is 12.1 Å². The average Bonchev–Trinajstić information content (AvgIpc) is 2.53. The van der Waals surface area contributed by atoms with Crippen LogP contribution in [0.15, 0.2) is 57.7 Å². The first-order chi connectivity index (χ1) is 11.8. The highest BCUT2D eigenvalue weighted by molar-refractivity contribution is 6.06. The van der Waals surface area contributed by atoms with Gasteiger partial charge in [-0.05, 0) is 36.8 Å². The van der Waals surface area contributed by atoms with E-state index in [1.54, 1.807) is 13.0 Å². The lowest BCUT2D eigenvalue weighted by Gasteiger charge is -2.13. The third-order valence-electron chi connectivity index (χ3n) is 3.69. The lowest BCUT2D eigenvalue weighted by Crippen LogP contribution is -2.18. The maximum absolute atomic E-state index is 13.0. The van der Waals surface area contributed by atoms with Gasteiger partial charge in [0.25, 0.3) is 5.91 Å². The summed E-state index contributed by atoms with van der Waals surface area (Å²) < 4.78 is 44.1. The van der Waals surface area contributed by atoms with E-state index >= 15 is 0 Å². The Morgan fingerprint density at radius 2 is 1.80 bits per heavy atom. The number of hydrogen-bond acceptors (Lipinski definition) is 3. The number of benzene rings is 2. The molecule has 3 rings (SSSR count). The van der Waals surface area contributed by atoms with E-state index in [1.165, 1.54) is 30.3 Å². The van der Waals surface area contributed by atoms with Gasteiger partial charge in [-0.3, -0.25) is 4.79 Å². The fraction of sp³-hybridized carbons (Fsp3) is 0.111. The van der Waals surface area contributed by atoms with E-state index in [0.29, 0.717) is 10.9 Å². The minimum absolute atomic E-state index is 0.225. The van der Waals surface area contributed by atoms with Crippen LogP contribution in [0.2, 0.25) is 0 Å². The molecule has 0 saturated heterocycles.